The molecule has 1 fully saturated rings. The lowest BCUT2D eigenvalue weighted by molar-refractivity contribution is 0.00578. The van der Waals surface area contributed by atoms with E-state index in [0.717, 1.165) is 28.0 Å². The van der Waals surface area contributed by atoms with Gasteiger partial charge in [0.05, 0.1) is 24.0 Å². The molecule has 24 heavy (non-hydrogen) atoms. The van der Waals surface area contributed by atoms with E-state index >= 15 is 0 Å². The molecule has 1 aliphatic heterocycles. The van der Waals surface area contributed by atoms with E-state index in [0.29, 0.717) is 0 Å². The van der Waals surface area contributed by atoms with Gasteiger partial charge in [-0.3, -0.25) is 4.98 Å². The van der Waals surface area contributed by atoms with Gasteiger partial charge in [-0.1, -0.05) is 12.1 Å². The molecule has 1 aliphatic rings. The molecule has 0 spiro atoms. The zero-order chi connectivity index (χ0) is 17.5. The molecule has 2 aromatic rings. The normalized spacial score (nSPS) is 18.7. The fraction of sp³-hybridized carbons (Fsp3) is 0.421. The Balaban J connectivity index is 2.07. The minimum absolute atomic E-state index is 0.389. The van der Waals surface area contributed by atoms with E-state index in [9.17, 15) is 0 Å². The van der Waals surface area contributed by atoms with Crippen LogP contribution in [0.25, 0.3) is 11.3 Å². The SMILES string of the molecule is COc1c(B2OC(C)(C)C(C)(C)O2)cccc1-c1cc(C)ccn1. The van der Waals surface area contributed by atoms with Crippen LogP contribution in [-0.2, 0) is 9.31 Å². The third-order valence-corrected chi connectivity index (χ3v) is 4.95. The number of hydrogen-bond acceptors (Lipinski definition) is 4. The molecule has 0 N–H and O–H groups in total. The second-order valence-corrected chi connectivity index (χ2v) is 7.23. The third kappa shape index (κ3) is 2.83. The van der Waals surface area contributed by atoms with Crippen molar-refractivity contribution in [2.75, 3.05) is 7.11 Å². The number of aromatic nitrogens is 1. The summed E-state index contributed by atoms with van der Waals surface area (Å²) < 4.78 is 18.1. The van der Waals surface area contributed by atoms with Gasteiger partial charge in [0.15, 0.2) is 0 Å². The van der Waals surface area contributed by atoms with Crippen LogP contribution in [0.4, 0.5) is 0 Å². The number of rotatable bonds is 3. The molecule has 0 amide bonds. The van der Waals surface area contributed by atoms with Gasteiger partial charge in [-0.25, -0.2) is 0 Å². The van der Waals surface area contributed by atoms with Crippen molar-refractivity contribution >= 4 is 12.6 Å². The summed E-state index contributed by atoms with van der Waals surface area (Å²) in [6, 6.07) is 10.0. The van der Waals surface area contributed by atoms with Crippen molar-refractivity contribution in [2.45, 2.75) is 45.8 Å². The van der Waals surface area contributed by atoms with Crippen LogP contribution in [0.1, 0.15) is 33.3 Å². The third-order valence-electron chi connectivity index (χ3n) is 4.95. The first-order valence-corrected chi connectivity index (χ1v) is 8.21. The van der Waals surface area contributed by atoms with Gasteiger partial charge in [-0.2, -0.15) is 0 Å². The molecule has 0 saturated carbocycles. The van der Waals surface area contributed by atoms with Gasteiger partial charge in [0, 0.05) is 17.2 Å². The van der Waals surface area contributed by atoms with Crippen molar-refractivity contribution in [1.82, 2.24) is 4.98 Å². The minimum atomic E-state index is -0.463. The summed E-state index contributed by atoms with van der Waals surface area (Å²) in [5.74, 6) is 0.745. The summed E-state index contributed by atoms with van der Waals surface area (Å²) in [6.45, 7) is 10.2. The molecule has 1 aromatic heterocycles. The number of pyridine rings is 1. The number of methoxy groups -OCH3 is 1. The zero-order valence-electron chi connectivity index (χ0n) is 15.2. The summed E-state index contributed by atoms with van der Waals surface area (Å²) in [7, 11) is 1.21. The topological polar surface area (TPSA) is 40.6 Å². The van der Waals surface area contributed by atoms with Gasteiger partial charge in [-0.05, 0) is 58.4 Å². The summed E-state index contributed by atoms with van der Waals surface area (Å²) in [5.41, 5.74) is 3.08. The highest BCUT2D eigenvalue weighted by Gasteiger charge is 2.52. The molecule has 1 saturated heterocycles. The summed E-state index contributed by atoms with van der Waals surface area (Å²) in [6.07, 6.45) is 1.81. The number of benzene rings is 1. The van der Waals surface area contributed by atoms with E-state index < -0.39 is 7.12 Å². The lowest BCUT2D eigenvalue weighted by Crippen LogP contribution is -2.41. The number of ether oxygens (including phenoxy) is 1. The predicted octanol–water partition coefficient (Wildman–Crippen LogP) is 3.36. The highest BCUT2D eigenvalue weighted by molar-refractivity contribution is 6.63. The van der Waals surface area contributed by atoms with Gasteiger partial charge in [0.2, 0.25) is 0 Å². The molecule has 0 aliphatic carbocycles. The number of aryl methyl sites for hydroxylation is 1. The highest BCUT2D eigenvalue weighted by atomic mass is 16.7. The standard InChI is InChI=1S/C19H24BNO3/c1-13-10-11-21-16(12-13)14-8-7-9-15(17(14)22-6)20-23-18(2,3)19(4,5)24-20/h7-12H,1-6H3. The Labute approximate surface area is 144 Å². The molecule has 0 radical (unpaired) electrons. The number of para-hydroxylation sites is 1. The van der Waals surface area contributed by atoms with Crippen LogP contribution < -0.4 is 10.2 Å². The molecule has 5 heteroatoms. The lowest BCUT2D eigenvalue weighted by atomic mass is 9.77. The van der Waals surface area contributed by atoms with E-state index in [1.54, 1.807) is 7.11 Å². The van der Waals surface area contributed by atoms with Crippen LogP contribution in [0, 0.1) is 6.92 Å². The van der Waals surface area contributed by atoms with E-state index in [-0.39, 0.29) is 11.2 Å². The van der Waals surface area contributed by atoms with Crippen LogP contribution in [0.15, 0.2) is 36.5 Å². The molecule has 0 bridgehead atoms. The molecular weight excluding hydrogens is 301 g/mol. The van der Waals surface area contributed by atoms with Gasteiger partial charge in [0.1, 0.15) is 5.75 Å². The Morgan fingerprint density at radius 1 is 1.04 bits per heavy atom. The molecule has 0 atom stereocenters. The Kier molecular flexibility index (Phi) is 4.18. The molecular formula is C19H24BNO3. The molecule has 126 valence electrons. The van der Waals surface area contributed by atoms with E-state index in [4.69, 9.17) is 14.0 Å². The number of hydrogen-bond donors (Lipinski definition) is 0. The van der Waals surface area contributed by atoms with Gasteiger partial charge in [-0.15, -0.1) is 0 Å². The van der Waals surface area contributed by atoms with Crippen LogP contribution in [0.2, 0.25) is 0 Å². The average molecular weight is 325 g/mol. The molecule has 1 aromatic carbocycles. The maximum Gasteiger partial charge on any atom is 0.498 e. The summed E-state index contributed by atoms with van der Waals surface area (Å²) >= 11 is 0. The van der Waals surface area contributed by atoms with Gasteiger partial charge >= 0.3 is 7.12 Å². The van der Waals surface area contributed by atoms with E-state index in [1.165, 1.54) is 0 Å². The predicted molar refractivity (Wildman–Crippen MR) is 96.7 cm³/mol. The first-order chi connectivity index (χ1) is 11.2. The van der Waals surface area contributed by atoms with Crippen molar-refractivity contribution in [2.24, 2.45) is 0 Å². The Morgan fingerprint density at radius 3 is 2.29 bits per heavy atom. The Morgan fingerprint density at radius 2 is 1.71 bits per heavy atom. The maximum atomic E-state index is 6.18. The van der Waals surface area contributed by atoms with Crippen molar-refractivity contribution in [3.63, 3.8) is 0 Å². The molecule has 0 unspecified atom stereocenters. The van der Waals surface area contributed by atoms with Crippen molar-refractivity contribution < 1.29 is 14.0 Å². The first kappa shape index (κ1) is 17.0. The fourth-order valence-electron chi connectivity index (χ4n) is 2.82. The number of nitrogens with zero attached hydrogens (tertiary/aromatic N) is 1. The minimum Gasteiger partial charge on any atom is -0.496 e. The van der Waals surface area contributed by atoms with Crippen molar-refractivity contribution in [1.29, 1.82) is 0 Å². The van der Waals surface area contributed by atoms with Crippen LogP contribution in [0.5, 0.6) is 5.75 Å². The van der Waals surface area contributed by atoms with Gasteiger partial charge in [0.25, 0.3) is 0 Å². The lowest BCUT2D eigenvalue weighted by Gasteiger charge is -2.32. The Hall–Kier alpha value is -1.85. The maximum absolute atomic E-state index is 6.18. The van der Waals surface area contributed by atoms with Crippen molar-refractivity contribution in [3.8, 4) is 17.0 Å². The monoisotopic (exact) mass is 325 g/mol. The highest BCUT2D eigenvalue weighted by Crippen LogP contribution is 2.38. The quantitative estimate of drug-likeness (QED) is 0.812. The Bertz CT molecular complexity index is 742. The van der Waals surface area contributed by atoms with Crippen LogP contribution in [-0.4, -0.2) is 30.4 Å². The smallest absolute Gasteiger partial charge is 0.496 e. The van der Waals surface area contributed by atoms with Gasteiger partial charge < -0.3 is 14.0 Å². The second-order valence-electron chi connectivity index (χ2n) is 7.23. The van der Waals surface area contributed by atoms with E-state index in [1.807, 2.05) is 64.2 Å². The van der Waals surface area contributed by atoms with Crippen LogP contribution >= 0.6 is 0 Å². The first-order valence-electron chi connectivity index (χ1n) is 8.21. The molecule has 2 heterocycles. The zero-order valence-corrected chi connectivity index (χ0v) is 15.2. The largest absolute Gasteiger partial charge is 0.498 e. The van der Waals surface area contributed by atoms with Crippen molar-refractivity contribution in [3.05, 3.63) is 42.1 Å². The molecule has 4 nitrogen and oxygen atoms in total. The second kappa shape index (κ2) is 5.90. The van der Waals surface area contributed by atoms with E-state index in [2.05, 4.69) is 11.9 Å². The van der Waals surface area contributed by atoms with Crippen LogP contribution in [0.3, 0.4) is 0 Å². The molecule has 3 rings (SSSR count). The average Bonchev–Trinajstić information content (AvgIpc) is 2.74. The summed E-state index contributed by atoms with van der Waals surface area (Å²) in [5, 5.41) is 0. The summed E-state index contributed by atoms with van der Waals surface area (Å²) in [4.78, 5) is 4.48. The fourth-order valence-corrected chi connectivity index (χ4v) is 2.82.